The fourth-order valence-electron chi connectivity index (χ4n) is 0.804. The molecule has 1 rings (SSSR count). The molecule has 0 aromatic carbocycles. The van der Waals surface area contributed by atoms with Gasteiger partial charge in [-0.25, -0.2) is 0 Å². The van der Waals surface area contributed by atoms with Crippen LogP contribution in [0.15, 0.2) is 12.1 Å². The highest BCUT2D eigenvalue weighted by Gasteiger charge is 2.05. The van der Waals surface area contributed by atoms with Crippen molar-refractivity contribution in [3.05, 3.63) is 21.9 Å². The normalized spacial score (nSPS) is 9.83. The van der Waals surface area contributed by atoms with Crippen molar-refractivity contribution in [2.45, 2.75) is 6.92 Å². The molecule has 0 bridgehead atoms. The van der Waals surface area contributed by atoms with Crippen LogP contribution in [0.4, 0.5) is 0 Å². The third kappa shape index (κ3) is 2.60. The molecule has 0 aliphatic heterocycles. The molecule has 2 nitrogen and oxygen atoms in total. The molecule has 1 aromatic rings. The largest absolute Gasteiger partial charge is 0.351 e. The van der Waals surface area contributed by atoms with Crippen LogP contribution >= 0.6 is 27.3 Å². The van der Waals surface area contributed by atoms with Crippen molar-refractivity contribution in [1.29, 1.82) is 0 Å². The minimum atomic E-state index is 0.0209. The number of hydrogen-bond acceptors (Lipinski definition) is 2. The number of rotatable bonds is 3. The van der Waals surface area contributed by atoms with Crippen molar-refractivity contribution in [3.63, 3.8) is 0 Å². The van der Waals surface area contributed by atoms with E-state index in [-0.39, 0.29) is 5.91 Å². The van der Waals surface area contributed by atoms with Gasteiger partial charge in [-0.15, -0.1) is 11.3 Å². The van der Waals surface area contributed by atoms with Crippen molar-refractivity contribution in [2.75, 3.05) is 11.9 Å². The Hall–Kier alpha value is -0.350. The van der Waals surface area contributed by atoms with Crippen molar-refractivity contribution >= 4 is 33.2 Å². The van der Waals surface area contributed by atoms with Crippen LogP contribution in [0.2, 0.25) is 0 Å². The maximum atomic E-state index is 11.3. The third-order valence-corrected chi connectivity index (χ3v) is 2.74. The number of amides is 1. The van der Waals surface area contributed by atoms with E-state index in [4.69, 9.17) is 0 Å². The van der Waals surface area contributed by atoms with Crippen molar-refractivity contribution in [3.8, 4) is 0 Å². The zero-order valence-corrected chi connectivity index (χ0v) is 9.17. The van der Waals surface area contributed by atoms with Gasteiger partial charge in [-0.3, -0.25) is 4.79 Å². The van der Waals surface area contributed by atoms with Gasteiger partial charge in [0.1, 0.15) is 0 Å². The van der Waals surface area contributed by atoms with Gasteiger partial charge in [0.2, 0.25) is 0 Å². The minimum Gasteiger partial charge on any atom is -0.351 e. The molecule has 0 aliphatic carbocycles. The Labute approximate surface area is 84.1 Å². The minimum absolute atomic E-state index is 0.0209. The smallest absolute Gasteiger partial charge is 0.261 e. The van der Waals surface area contributed by atoms with Gasteiger partial charge in [-0.1, -0.05) is 15.9 Å². The first-order valence-corrected chi connectivity index (χ1v) is 5.58. The summed E-state index contributed by atoms with van der Waals surface area (Å²) in [6, 6.07) is 3.80. The SMILES string of the molecule is Cc1ccc(C(=O)NCCBr)s1. The second-order valence-corrected chi connectivity index (χ2v) is 4.44. The summed E-state index contributed by atoms with van der Waals surface area (Å²) >= 11 is 4.76. The molecule has 1 N–H and O–H groups in total. The quantitative estimate of drug-likeness (QED) is 0.816. The summed E-state index contributed by atoms with van der Waals surface area (Å²) in [7, 11) is 0. The molecule has 66 valence electrons. The van der Waals surface area contributed by atoms with Crippen molar-refractivity contribution < 1.29 is 4.79 Å². The number of aryl methyl sites for hydroxylation is 1. The first-order valence-electron chi connectivity index (χ1n) is 3.64. The second kappa shape index (κ2) is 4.62. The molecule has 1 amide bonds. The van der Waals surface area contributed by atoms with E-state index in [1.165, 1.54) is 16.2 Å². The molecule has 0 saturated carbocycles. The lowest BCUT2D eigenvalue weighted by atomic mass is 10.4. The van der Waals surface area contributed by atoms with Gasteiger partial charge in [0.25, 0.3) is 5.91 Å². The van der Waals surface area contributed by atoms with Crippen LogP contribution in [-0.4, -0.2) is 17.8 Å². The molecule has 12 heavy (non-hydrogen) atoms. The van der Waals surface area contributed by atoms with Crippen molar-refractivity contribution in [2.24, 2.45) is 0 Å². The lowest BCUT2D eigenvalue weighted by Gasteiger charge is -1.98. The summed E-state index contributed by atoms with van der Waals surface area (Å²) in [5.41, 5.74) is 0. The molecule has 0 radical (unpaired) electrons. The first kappa shape index (κ1) is 9.74. The number of carbonyl (C=O) groups is 1. The van der Waals surface area contributed by atoms with Gasteiger partial charge in [0, 0.05) is 16.8 Å². The van der Waals surface area contributed by atoms with E-state index in [0.717, 1.165) is 10.2 Å². The maximum Gasteiger partial charge on any atom is 0.261 e. The van der Waals surface area contributed by atoms with Gasteiger partial charge in [-0.05, 0) is 19.1 Å². The Morgan fingerprint density at radius 3 is 2.92 bits per heavy atom. The summed E-state index contributed by atoms with van der Waals surface area (Å²) in [4.78, 5) is 13.2. The first-order chi connectivity index (χ1) is 5.74. The number of thiophene rings is 1. The van der Waals surface area contributed by atoms with Gasteiger partial charge in [0.05, 0.1) is 4.88 Å². The second-order valence-electron chi connectivity index (χ2n) is 2.36. The van der Waals surface area contributed by atoms with Crippen LogP contribution in [0, 0.1) is 6.92 Å². The number of hydrogen-bond donors (Lipinski definition) is 1. The topological polar surface area (TPSA) is 29.1 Å². The summed E-state index contributed by atoms with van der Waals surface area (Å²) in [5, 5.41) is 3.58. The summed E-state index contributed by atoms with van der Waals surface area (Å²) < 4.78 is 0. The lowest BCUT2D eigenvalue weighted by Crippen LogP contribution is -2.24. The molecular formula is C8H10BrNOS. The van der Waals surface area contributed by atoms with Crippen LogP contribution in [0.5, 0.6) is 0 Å². The van der Waals surface area contributed by atoms with Gasteiger partial charge in [-0.2, -0.15) is 0 Å². The van der Waals surface area contributed by atoms with E-state index in [2.05, 4.69) is 21.2 Å². The van der Waals surface area contributed by atoms with Gasteiger partial charge in [0.15, 0.2) is 0 Å². The molecule has 0 saturated heterocycles. The summed E-state index contributed by atoms with van der Waals surface area (Å²) in [5.74, 6) is 0.0209. The molecule has 4 heteroatoms. The standard InChI is InChI=1S/C8H10BrNOS/c1-6-2-3-7(12-6)8(11)10-5-4-9/h2-3H,4-5H2,1H3,(H,10,11). The Bertz CT molecular complexity index is 272. The highest BCUT2D eigenvalue weighted by molar-refractivity contribution is 9.09. The van der Waals surface area contributed by atoms with Crippen LogP contribution < -0.4 is 5.32 Å². The van der Waals surface area contributed by atoms with Crippen LogP contribution in [-0.2, 0) is 0 Å². The zero-order chi connectivity index (χ0) is 8.97. The predicted molar refractivity (Wildman–Crippen MR) is 55.2 cm³/mol. The molecule has 1 heterocycles. The molecule has 0 spiro atoms. The number of alkyl halides is 1. The number of halogens is 1. The van der Waals surface area contributed by atoms with E-state index in [1.807, 2.05) is 19.1 Å². The Balaban J connectivity index is 2.53. The summed E-state index contributed by atoms with van der Waals surface area (Å²) in [6.45, 7) is 2.67. The molecule has 0 aliphatic rings. The van der Waals surface area contributed by atoms with Crippen LogP contribution in [0.25, 0.3) is 0 Å². The van der Waals surface area contributed by atoms with E-state index in [1.54, 1.807) is 0 Å². The number of carbonyl (C=O) groups excluding carboxylic acids is 1. The molecule has 0 unspecified atom stereocenters. The lowest BCUT2D eigenvalue weighted by molar-refractivity contribution is 0.0960. The predicted octanol–water partition coefficient (Wildman–Crippen LogP) is 2.18. The van der Waals surface area contributed by atoms with Gasteiger partial charge >= 0.3 is 0 Å². The molecular weight excluding hydrogens is 238 g/mol. The number of nitrogens with one attached hydrogen (secondary N) is 1. The summed E-state index contributed by atoms with van der Waals surface area (Å²) in [6.07, 6.45) is 0. The van der Waals surface area contributed by atoms with E-state index in [0.29, 0.717) is 6.54 Å². The zero-order valence-electron chi connectivity index (χ0n) is 6.76. The molecule has 1 aromatic heterocycles. The Morgan fingerprint density at radius 1 is 1.67 bits per heavy atom. The maximum absolute atomic E-state index is 11.3. The van der Waals surface area contributed by atoms with E-state index in [9.17, 15) is 4.79 Å². The van der Waals surface area contributed by atoms with E-state index >= 15 is 0 Å². The molecule has 0 atom stereocenters. The highest BCUT2D eigenvalue weighted by atomic mass is 79.9. The third-order valence-electron chi connectivity index (χ3n) is 1.34. The average Bonchev–Trinajstić information content (AvgIpc) is 2.47. The fourth-order valence-corrected chi connectivity index (χ4v) is 1.79. The monoisotopic (exact) mass is 247 g/mol. The Morgan fingerprint density at radius 2 is 2.42 bits per heavy atom. The molecule has 0 fully saturated rings. The fraction of sp³-hybridized carbons (Fsp3) is 0.375. The van der Waals surface area contributed by atoms with E-state index < -0.39 is 0 Å². The van der Waals surface area contributed by atoms with Gasteiger partial charge < -0.3 is 5.32 Å². The Kier molecular flexibility index (Phi) is 3.75. The van der Waals surface area contributed by atoms with Crippen LogP contribution in [0.3, 0.4) is 0 Å². The average molecular weight is 248 g/mol. The van der Waals surface area contributed by atoms with Crippen LogP contribution in [0.1, 0.15) is 14.5 Å². The van der Waals surface area contributed by atoms with Crippen molar-refractivity contribution in [1.82, 2.24) is 5.32 Å². The highest BCUT2D eigenvalue weighted by Crippen LogP contribution is 2.14.